The molecule has 5 nitrogen and oxygen atoms in total. The van der Waals surface area contributed by atoms with Crippen LogP contribution >= 0.6 is 0 Å². The van der Waals surface area contributed by atoms with Gasteiger partial charge in [-0.3, -0.25) is 4.79 Å². The first-order valence-corrected chi connectivity index (χ1v) is 13.2. The zero-order valence-corrected chi connectivity index (χ0v) is 20.1. The molecule has 36 heavy (non-hydrogen) atoms. The third-order valence-corrected chi connectivity index (χ3v) is 9.25. The monoisotopic (exact) mass is 530 g/mol. The number of amides is 1. The maximum Gasteiger partial charge on any atom is 0.416 e. The summed E-state index contributed by atoms with van der Waals surface area (Å²) in [5.74, 6) is -0.379. The molecule has 0 aromatic heterocycles. The molecule has 1 saturated heterocycles. The lowest BCUT2D eigenvalue weighted by molar-refractivity contribution is -0.137. The summed E-state index contributed by atoms with van der Waals surface area (Å²) in [7, 11) is -4.67. The summed E-state index contributed by atoms with van der Waals surface area (Å²) >= 11 is 0. The van der Waals surface area contributed by atoms with Gasteiger partial charge in [-0.25, -0.2) is 17.2 Å². The molecule has 0 bridgehead atoms. The summed E-state index contributed by atoms with van der Waals surface area (Å²) in [4.78, 5) is 12.0. The smallest absolute Gasteiger partial charge is 0.352 e. The van der Waals surface area contributed by atoms with Crippen LogP contribution in [0.25, 0.3) is 0 Å². The first kappa shape index (κ1) is 26.5. The van der Waals surface area contributed by atoms with Gasteiger partial charge in [0.15, 0.2) is 0 Å². The van der Waals surface area contributed by atoms with Crippen molar-refractivity contribution in [2.24, 2.45) is 5.92 Å². The van der Waals surface area contributed by atoms with Gasteiger partial charge in [0.25, 0.3) is 0 Å². The standard InChI is InChI=1S/C25H27F5N2O3S/c26-19-6-4-16(5-7-19)12-17-13-22(31-15-17)23(33)32-20-8-10-24(27,11-9-20)36(34,35)21-3-1-2-18(14-21)25(28,29)30/h1-7,14,17,20,22,31H,8-13,15H2,(H,32,33)/t17-,20-,22+,24+/m1/s1. The van der Waals surface area contributed by atoms with E-state index in [0.29, 0.717) is 25.5 Å². The van der Waals surface area contributed by atoms with E-state index >= 15 is 4.39 Å². The van der Waals surface area contributed by atoms with Gasteiger partial charge in [0.2, 0.25) is 20.7 Å². The minimum Gasteiger partial charge on any atom is -0.352 e. The Labute approximate surface area is 206 Å². The number of alkyl halides is 4. The molecule has 2 fully saturated rings. The second-order valence-corrected chi connectivity index (χ2v) is 11.8. The van der Waals surface area contributed by atoms with Crippen molar-refractivity contribution in [3.05, 3.63) is 65.5 Å². The van der Waals surface area contributed by atoms with Gasteiger partial charge in [-0.1, -0.05) is 18.2 Å². The van der Waals surface area contributed by atoms with E-state index in [2.05, 4.69) is 10.6 Å². The molecule has 11 heteroatoms. The highest BCUT2D eigenvalue weighted by Crippen LogP contribution is 2.41. The molecule has 0 radical (unpaired) electrons. The van der Waals surface area contributed by atoms with Gasteiger partial charge < -0.3 is 10.6 Å². The maximum absolute atomic E-state index is 15.5. The van der Waals surface area contributed by atoms with Crippen LogP contribution in [0.2, 0.25) is 0 Å². The first-order valence-electron chi connectivity index (χ1n) is 11.8. The highest BCUT2D eigenvalue weighted by Gasteiger charge is 2.48. The van der Waals surface area contributed by atoms with Crippen LogP contribution < -0.4 is 10.6 Å². The Morgan fingerprint density at radius 1 is 1.08 bits per heavy atom. The van der Waals surface area contributed by atoms with Crippen LogP contribution in [0.5, 0.6) is 0 Å². The van der Waals surface area contributed by atoms with Crippen molar-refractivity contribution in [1.82, 2.24) is 10.6 Å². The Balaban J connectivity index is 1.31. The number of hydrogen-bond donors (Lipinski definition) is 2. The van der Waals surface area contributed by atoms with E-state index in [4.69, 9.17) is 0 Å². The largest absolute Gasteiger partial charge is 0.416 e. The zero-order valence-electron chi connectivity index (χ0n) is 19.3. The maximum atomic E-state index is 15.5. The number of carbonyl (C=O) groups excluding carboxylic acids is 1. The van der Waals surface area contributed by atoms with Crippen molar-refractivity contribution in [1.29, 1.82) is 0 Å². The third-order valence-electron chi connectivity index (χ3n) is 7.01. The van der Waals surface area contributed by atoms with E-state index in [1.165, 1.54) is 12.1 Å². The van der Waals surface area contributed by atoms with Crippen LogP contribution in [0.1, 0.15) is 43.2 Å². The van der Waals surface area contributed by atoms with Crippen molar-refractivity contribution >= 4 is 15.7 Å². The summed E-state index contributed by atoms with van der Waals surface area (Å²) < 4.78 is 93.4. The second-order valence-electron chi connectivity index (χ2n) is 9.59. The molecule has 1 saturated carbocycles. The number of sulfone groups is 1. The van der Waals surface area contributed by atoms with Crippen molar-refractivity contribution in [2.45, 2.75) is 66.7 Å². The predicted octanol–water partition coefficient (Wildman–Crippen LogP) is 4.56. The average Bonchev–Trinajstić information content (AvgIpc) is 3.30. The summed E-state index contributed by atoms with van der Waals surface area (Å²) in [6.07, 6.45) is -4.24. The van der Waals surface area contributed by atoms with Gasteiger partial charge in [-0.05, 0) is 86.9 Å². The van der Waals surface area contributed by atoms with Gasteiger partial charge >= 0.3 is 6.18 Å². The molecule has 0 spiro atoms. The van der Waals surface area contributed by atoms with E-state index < -0.39 is 56.4 Å². The van der Waals surface area contributed by atoms with E-state index in [-0.39, 0.29) is 30.5 Å². The van der Waals surface area contributed by atoms with Crippen molar-refractivity contribution in [2.75, 3.05) is 6.54 Å². The Morgan fingerprint density at radius 2 is 1.75 bits per heavy atom. The van der Waals surface area contributed by atoms with Crippen LogP contribution in [-0.2, 0) is 27.2 Å². The first-order chi connectivity index (χ1) is 16.9. The molecule has 1 heterocycles. The fraction of sp³-hybridized carbons (Fsp3) is 0.480. The average molecular weight is 531 g/mol. The molecule has 0 unspecified atom stereocenters. The molecule has 1 amide bonds. The zero-order chi connectivity index (χ0) is 26.1. The SMILES string of the molecule is O=C(N[C@H]1CC[C@@](F)(S(=O)(=O)c2cccc(C(F)(F)F)c2)CC1)[C@@H]1C[C@@H](Cc2ccc(F)cc2)CN1. The Kier molecular flexibility index (Phi) is 7.43. The predicted molar refractivity (Wildman–Crippen MR) is 123 cm³/mol. The van der Waals surface area contributed by atoms with Crippen LogP contribution in [0.3, 0.4) is 0 Å². The number of carbonyl (C=O) groups is 1. The normalized spacial score (nSPS) is 27.1. The number of nitrogens with one attached hydrogen (secondary N) is 2. The topological polar surface area (TPSA) is 75.3 Å². The molecule has 2 N–H and O–H groups in total. The second kappa shape index (κ2) is 10.1. The van der Waals surface area contributed by atoms with Gasteiger partial charge in [0, 0.05) is 6.04 Å². The highest BCUT2D eigenvalue weighted by atomic mass is 32.2. The molecule has 2 aliphatic rings. The molecule has 4 rings (SSSR count). The lowest BCUT2D eigenvalue weighted by Gasteiger charge is -2.34. The molecule has 196 valence electrons. The van der Waals surface area contributed by atoms with Gasteiger partial charge in [0.1, 0.15) is 5.82 Å². The molecule has 2 aromatic carbocycles. The Hall–Kier alpha value is -2.53. The van der Waals surface area contributed by atoms with Gasteiger partial charge in [-0.15, -0.1) is 0 Å². The fourth-order valence-corrected chi connectivity index (χ4v) is 6.67. The van der Waals surface area contributed by atoms with Crippen LogP contribution in [0.4, 0.5) is 22.0 Å². The third kappa shape index (κ3) is 5.72. The van der Waals surface area contributed by atoms with Gasteiger partial charge in [0.05, 0.1) is 16.5 Å². The highest BCUT2D eigenvalue weighted by molar-refractivity contribution is 7.92. The van der Waals surface area contributed by atoms with Crippen molar-refractivity contribution in [3.8, 4) is 0 Å². The lowest BCUT2D eigenvalue weighted by Crippen LogP contribution is -2.49. The van der Waals surface area contributed by atoms with Gasteiger partial charge in [-0.2, -0.15) is 13.2 Å². The molecule has 2 atom stereocenters. The van der Waals surface area contributed by atoms with Crippen LogP contribution in [-0.4, -0.2) is 38.0 Å². The molecular formula is C25H27F5N2O3S. The minimum absolute atomic E-state index is 0.0478. The van der Waals surface area contributed by atoms with E-state index in [9.17, 15) is 30.8 Å². The van der Waals surface area contributed by atoms with E-state index in [1.54, 1.807) is 12.1 Å². The molecule has 2 aromatic rings. The number of hydrogen-bond acceptors (Lipinski definition) is 4. The Morgan fingerprint density at radius 3 is 2.39 bits per heavy atom. The molecule has 1 aliphatic carbocycles. The minimum atomic E-state index is -4.75. The Bertz CT molecular complexity index is 1190. The molecular weight excluding hydrogens is 503 g/mol. The van der Waals surface area contributed by atoms with Crippen molar-refractivity contribution in [3.63, 3.8) is 0 Å². The lowest BCUT2D eigenvalue weighted by atomic mass is 9.92. The number of benzene rings is 2. The number of halogens is 5. The van der Waals surface area contributed by atoms with Crippen molar-refractivity contribution < 1.29 is 35.2 Å². The number of rotatable bonds is 6. The summed E-state index contributed by atoms with van der Waals surface area (Å²) in [6, 6.07) is 8.43. The quantitative estimate of drug-likeness (QED) is 0.537. The van der Waals surface area contributed by atoms with E-state index in [1.807, 2.05) is 0 Å². The summed E-state index contributed by atoms with van der Waals surface area (Å²) in [5, 5.41) is 3.30. The fourth-order valence-electron chi connectivity index (χ4n) is 4.93. The van der Waals surface area contributed by atoms with Crippen LogP contribution in [0, 0.1) is 11.7 Å². The summed E-state index contributed by atoms with van der Waals surface area (Å²) in [5.41, 5.74) is -0.187. The van der Waals surface area contributed by atoms with E-state index in [0.717, 1.165) is 23.8 Å². The molecule has 1 aliphatic heterocycles. The summed E-state index contributed by atoms with van der Waals surface area (Å²) in [6.45, 7) is 0.614. The van der Waals surface area contributed by atoms with Crippen LogP contribution in [0.15, 0.2) is 53.4 Å².